The number of rotatable bonds is 4. The van der Waals surface area contributed by atoms with Crippen molar-refractivity contribution in [3.8, 4) is 0 Å². The van der Waals surface area contributed by atoms with E-state index in [-0.39, 0.29) is 0 Å². The smallest absolute Gasteiger partial charge is 0.0921 e. The predicted molar refractivity (Wildman–Crippen MR) is 56.2 cm³/mol. The van der Waals surface area contributed by atoms with Gasteiger partial charge in [-0.25, -0.2) is 4.98 Å². The van der Waals surface area contributed by atoms with Crippen LogP contribution in [0.25, 0.3) is 0 Å². The summed E-state index contributed by atoms with van der Waals surface area (Å²) >= 11 is 0. The zero-order chi connectivity index (χ0) is 9.64. The molecule has 4 heteroatoms. The average molecular weight is 194 g/mol. The van der Waals surface area contributed by atoms with Gasteiger partial charge >= 0.3 is 0 Å². The first-order chi connectivity index (χ1) is 6.95. The molecule has 0 bridgehead atoms. The van der Waals surface area contributed by atoms with Crippen molar-refractivity contribution >= 4 is 0 Å². The first kappa shape index (κ1) is 9.68. The third-order valence-corrected chi connectivity index (χ3v) is 2.68. The number of nitrogens with zero attached hydrogens (tertiary/aromatic N) is 1. The SMILES string of the molecule is c1ncc(CCNC2CCCNC2)[nH]1. The molecule has 4 nitrogen and oxygen atoms in total. The van der Waals surface area contributed by atoms with E-state index in [4.69, 9.17) is 0 Å². The van der Waals surface area contributed by atoms with Gasteiger partial charge in [0.1, 0.15) is 0 Å². The van der Waals surface area contributed by atoms with Crippen LogP contribution in [0.2, 0.25) is 0 Å². The summed E-state index contributed by atoms with van der Waals surface area (Å²) in [6.45, 7) is 3.33. The lowest BCUT2D eigenvalue weighted by Gasteiger charge is -2.23. The van der Waals surface area contributed by atoms with Gasteiger partial charge < -0.3 is 15.6 Å². The molecule has 1 aromatic rings. The second kappa shape index (κ2) is 5.12. The van der Waals surface area contributed by atoms with Crippen LogP contribution in [-0.4, -0.2) is 35.6 Å². The van der Waals surface area contributed by atoms with Gasteiger partial charge in [-0.2, -0.15) is 0 Å². The van der Waals surface area contributed by atoms with Crippen LogP contribution in [0.4, 0.5) is 0 Å². The molecular weight excluding hydrogens is 176 g/mol. The predicted octanol–water partition coefficient (Wildman–Crippen LogP) is 0.294. The maximum absolute atomic E-state index is 3.99. The molecule has 0 aromatic carbocycles. The first-order valence-electron chi connectivity index (χ1n) is 5.36. The fraction of sp³-hybridized carbons (Fsp3) is 0.700. The molecule has 1 saturated heterocycles. The largest absolute Gasteiger partial charge is 0.348 e. The second-order valence-corrected chi connectivity index (χ2v) is 3.82. The molecule has 0 radical (unpaired) electrons. The summed E-state index contributed by atoms with van der Waals surface area (Å²) in [6.07, 6.45) is 7.26. The van der Waals surface area contributed by atoms with Crippen LogP contribution in [0.5, 0.6) is 0 Å². The normalized spacial score (nSPS) is 22.4. The van der Waals surface area contributed by atoms with Gasteiger partial charge in [-0.1, -0.05) is 0 Å². The average Bonchev–Trinajstić information content (AvgIpc) is 2.72. The minimum atomic E-state index is 0.659. The van der Waals surface area contributed by atoms with Crippen molar-refractivity contribution in [2.75, 3.05) is 19.6 Å². The van der Waals surface area contributed by atoms with Crippen molar-refractivity contribution in [2.45, 2.75) is 25.3 Å². The Bertz CT molecular complexity index is 239. The highest BCUT2D eigenvalue weighted by molar-refractivity contribution is 4.94. The maximum Gasteiger partial charge on any atom is 0.0921 e. The van der Waals surface area contributed by atoms with Crippen molar-refractivity contribution in [3.63, 3.8) is 0 Å². The van der Waals surface area contributed by atoms with Crippen molar-refractivity contribution in [3.05, 3.63) is 18.2 Å². The molecule has 0 aliphatic carbocycles. The van der Waals surface area contributed by atoms with Gasteiger partial charge in [0, 0.05) is 37.4 Å². The third kappa shape index (κ3) is 2.82. The molecule has 1 fully saturated rings. The number of H-pyrrole nitrogens is 1. The number of imidazole rings is 1. The molecule has 1 aliphatic heterocycles. The molecule has 2 heterocycles. The second-order valence-electron chi connectivity index (χ2n) is 3.82. The fourth-order valence-electron chi connectivity index (χ4n) is 1.86. The van der Waals surface area contributed by atoms with Crippen LogP contribution >= 0.6 is 0 Å². The third-order valence-electron chi connectivity index (χ3n) is 2.68. The summed E-state index contributed by atoms with van der Waals surface area (Å²) < 4.78 is 0. The van der Waals surface area contributed by atoms with Crippen LogP contribution < -0.4 is 10.6 Å². The van der Waals surface area contributed by atoms with Gasteiger partial charge in [0.2, 0.25) is 0 Å². The van der Waals surface area contributed by atoms with Crippen molar-refractivity contribution < 1.29 is 0 Å². The molecule has 2 rings (SSSR count). The zero-order valence-electron chi connectivity index (χ0n) is 8.42. The summed E-state index contributed by atoms with van der Waals surface area (Å²) in [5.74, 6) is 0. The Hall–Kier alpha value is -0.870. The van der Waals surface area contributed by atoms with Crippen molar-refractivity contribution in [1.82, 2.24) is 20.6 Å². The van der Waals surface area contributed by atoms with E-state index in [2.05, 4.69) is 20.6 Å². The molecule has 1 aromatic heterocycles. The van der Waals surface area contributed by atoms with Gasteiger partial charge in [-0.3, -0.25) is 0 Å². The maximum atomic E-state index is 3.99. The van der Waals surface area contributed by atoms with E-state index in [9.17, 15) is 0 Å². The minimum absolute atomic E-state index is 0.659. The standard InChI is InChI=1S/C10H18N4/c1-2-9(6-11-4-1)13-5-3-10-7-12-8-14-10/h7-9,11,13H,1-6H2,(H,12,14). The molecule has 78 valence electrons. The van der Waals surface area contributed by atoms with Crippen molar-refractivity contribution in [1.29, 1.82) is 0 Å². The molecule has 3 N–H and O–H groups in total. The Kier molecular flexibility index (Phi) is 3.54. The summed E-state index contributed by atoms with van der Waals surface area (Å²) in [7, 11) is 0. The quantitative estimate of drug-likeness (QED) is 0.646. The lowest BCUT2D eigenvalue weighted by Crippen LogP contribution is -2.43. The summed E-state index contributed by atoms with van der Waals surface area (Å²) in [6, 6.07) is 0.659. The Morgan fingerprint density at radius 2 is 2.57 bits per heavy atom. The van der Waals surface area contributed by atoms with Gasteiger partial charge in [0.05, 0.1) is 6.33 Å². The van der Waals surface area contributed by atoms with Gasteiger partial charge in [0.25, 0.3) is 0 Å². The molecule has 0 spiro atoms. The van der Waals surface area contributed by atoms with E-state index < -0.39 is 0 Å². The highest BCUT2D eigenvalue weighted by Crippen LogP contribution is 2.01. The highest BCUT2D eigenvalue weighted by atomic mass is 15.0. The fourth-order valence-corrected chi connectivity index (χ4v) is 1.86. The summed E-state index contributed by atoms with van der Waals surface area (Å²) in [5.41, 5.74) is 1.21. The Morgan fingerprint density at radius 3 is 3.29 bits per heavy atom. The summed E-state index contributed by atoms with van der Waals surface area (Å²) in [5, 5.41) is 6.95. The minimum Gasteiger partial charge on any atom is -0.348 e. The van der Waals surface area contributed by atoms with Crippen molar-refractivity contribution in [2.24, 2.45) is 0 Å². The van der Waals surface area contributed by atoms with Crippen LogP contribution in [0, 0.1) is 0 Å². The lowest BCUT2D eigenvalue weighted by atomic mass is 10.1. The molecule has 1 atom stereocenters. The monoisotopic (exact) mass is 194 g/mol. The van der Waals surface area contributed by atoms with E-state index in [1.165, 1.54) is 25.1 Å². The van der Waals surface area contributed by atoms with Gasteiger partial charge in [-0.15, -0.1) is 0 Å². The number of nitrogens with one attached hydrogen (secondary N) is 3. The van der Waals surface area contributed by atoms with Crippen LogP contribution in [0.1, 0.15) is 18.5 Å². The van der Waals surface area contributed by atoms with Crippen LogP contribution in [-0.2, 0) is 6.42 Å². The first-order valence-corrected chi connectivity index (χ1v) is 5.36. The summed E-state index contributed by atoms with van der Waals surface area (Å²) in [4.78, 5) is 7.10. The molecule has 1 aliphatic rings. The Labute approximate surface area is 84.5 Å². The highest BCUT2D eigenvalue weighted by Gasteiger charge is 2.11. The number of hydrogen-bond donors (Lipinski definition) is 3. The molecule has 1 unspecified atom stereocenters. The van der Waals surface area contributed by atoms with E-state index in [0.717, 1.165) is 19.5 Å². The zero-order valence-corrected chi connectivity index (χ0v) is 8.42. The molecule has 14 heavy (non-hydrogen) atoms. The number of piperidine rings is 1. The lowest BCUT2D eigenvalue weighted by molar-refractivity contribution is 0.392. The number of aromatic nitrogens is 2. The van der Waals surface area contributed by atoms with Gasteiger partial charge in [-0.05, 0) is 19.4 Å². The number of hydrogen-bond acceptors (Lipinski definition) is 3. The van der Waals surface area contributed by atoms with Gasteiger partial charge in [0.15, 0.2) is 0 Å². The Morgan fingerprint density at radius 1 is 1.57 bits per heavy atom. The topological polar surface area (TPSA) is 52.7 Å². The molecular formula is C10H18N4. The Balaban J connectivity index is 1.62. The van der Waals surface area contributed by atoms with Crippen LogP contribution in [0.3, 0.4) is 0 Å². The van der Waals surface area contributed by atoms with E-state index in [0.29, 0.717) is 6.04 Å². The van der Waals surface area contributed by atoms with E-state index >= 15 is 0 Å². The van der Waals surface area contributed by atoms with E-state index in [1.807, 2.05) is 6.20 Å². The number of aromatic amines is 1. The molecule has 0 saturated carbocycles. The van der Waals surface area contributed by atoms with E-state index in [1.54, 1.807) is 6.33 Å². The molecule has 0 amide bonds. The van der Waals surface area contributed by atoms with Crippen LogP contribution in [0.15, 0.2) is 12.5 Å².